The van der Waals surface area contributed by atoms with E-state index < -0.39 is 5.54 Å². The van der Waals surface area contributed by atoms with Gasteiger partial charge in [-0.15, -0.1) is 0 Å². The Balaban J connectivity index is 2.55. The standard InChI is InChI=1S/C13H19NO2/c1-12(2)8-13(9-15,14-3)10-6-4-5-7-11(10)16-12/h4-7,14-15H,8-9H2,1-3H3. The van der Waals surface area contributed by atoms with E-state index in [-0.39, 0.29) is 12.2 Å². The van der Waals surface area contributed by atoms with E-state index >= 15 is 0 Å². The van der Waals surface area contributed by atoms with E-state index in [1.165, 1.54) is 0 Å². The number of likely N-dealkylation sites (N-methyl/N-ethyl adjacent to an activating group) is 1. The van der Waals surface area contributed by atoms with Crippen LogP contribution in [0, 0.1) is 0 Å². The number of fused-ring (bicyclic) bond motifs is 1. The topological polar surface area (TPSA) is 41.5 Å². The second-order valence-electron chi connectivity index (χ2n) is 5.02. The molecule has 0 bridgehead atoms. The molecule has 1 atom stereocenters. The number of benzene rings is 1. The molecule has 2 rings (SSSR count). The number of aliphatic hydroxyl groups is 1. The Morgan fingerprint density at radius 3 is 2.69 bits per heavy atom. The third-order valence-corrected chi connectivity index (χ3v) is 3.26. The molecule has 0 aromatic heterocycles. The van der Waals surface area contributed by atoms with Gasteiger partial charge in [-0.25, -0.2) is 0 Å². The molecule has 0 aliphatic carbocycles. The molecular weight excluding hydrogens is 202 g/mol. The molecule has 0 radical (unpaired) electrons. The van der Waals surface area contributed by atoms with Crippen LogP contribution in [-0.2, 0) is 5.54 Å². The number of hydrogen-bond acceptors (Lipinski definition) is 3. The normalized spacial score (nSPS) is 27.0. The number of ether oxygens (including phenoxy) is 1. The summed E-state index contributed by atoms with van der Waals surface area (Å²) in [6, 6.07) is 7.90. The van der Waals surface area contributed by atoms with Crippen molar-refractivity contribution in [2.75, 3.05) is 13.7 Å². The lowest BCUT2D eigenvalue weighted by Crippen LogP contribution is -2.53. The Bertz CT molecular complexity index is 383. The summed E-state index contributed by atoms with van der Waals surface area (Å²) in [5, 5.41) is 13.0. The van der Waals surface area contributed by atoms with E-state index in [0.717, 1.165) is 17.7 Å². The smallest absolute Gasteiger partial charge is 0.125 e. The predicted molar refractivity (Wildman–Crippen MR) is 63.6 cm³/mol. The monoisotopic (exact) mass is 221 g/mol. The maximum absolute atomic E-state index is 9.70. The highest BCUT2D eigenvalue weighted by Gasteiger charge is 2.43. The van der Waals surface area contributed by atoms with Crippen LogP contribution in [-0.4, -0.2) is 24.4 Å². The van der Waals surface area contributed by atoms with Crippen LogP contribution in [0.2, 0.25) is 0 Å². The zero-order chi connectivity index (χ0) is 11.8. The van der Waals surface area contributed by atoms with E-state index in [1.807, 2.05) is 45.2 Å². The minimum absolute atomic E-state index is 0.0767. The second kappa shape index (κ2) is 3.75. The van der Waals surface area contributed by atoms with Crippen LogP contribution in [0.1, 0.15) is 25.8 Å². The average Bonchev–Trinajstić information content (AvgIpc) is 2.26. The number of nitrogens with one attached hydrogen (secondary N) is 1. The maximum atomic E-state index is 9.70. The SMILES string of the molecule is CNC1(CO)CC(C)(C)Oc2ccccc21. The molecular formula is C13H19NO2. The lowest BCUT2D eigenvalue weighted by Gasteiger charge is -2.45. The zero-order valence-electron chi connectivity index (χ0n) is 10.1. The van der Waals surface area contributed by atoms with Gasteiger partial charge >= 0.3 is 0 Å². The first-order valence-electron chi connectivity index (χ1n) is 5.61. The van der Waals surface area contributed by atoms with Crippen molar-refractivity contribution < 1.29 is 9.84 Å². The number of hydrogen-bond donors (Lipinski definition) is 2. The maximum Gasteiger partial charge on any atom is 0.125 e. The lowest BCUT2D eigenvalue weighted by molar-refractivity contribution is 0.0120. The van der Waals surface area contributed by atoms with Gasteiger partial charge in [-0.05, 0) is 27.0 Å². The molecule has 1 aliphatic rings. The summed E-state index contributed by atoms with van der Waals surface area (Å²) < 4.78 is 5.93. The second-order valence-corrected chi connectivity index (χ2v) is 5.02. The highest BCUT2D eigenvalue weighted by atomic mass is 16.5. The summed E-state index contributed by atoms with van der Waals surface area (Å²) in [5.74, 6) is 0.863. The molecule has 1 heterocycles. The van der Waals surface area contributed by atoms with Gasteiger partial charge < -0.3 is 15.2 Å². The quantitative estimate of drug-likeness (QED) is 0.798. The summed E-state index contributed by atoms with van der Waals surface area (Å²) >= 11 is 0. The third-order valence-electron chi connectivity index (χ3n) is 3.26. The van der Waals surface area contributed by atoms with Gasteiger partial charge in [-0.3, -0.25) is 0 Å². The van der Waals surface area contributed by atoms with Crippen molar-refractivity contribution in [3.05, 3.63) is 29.8 Å². The van der Waals surface area contributed by atoms with Crippen LogP contribution in [0.4, 0.5) is 0 Å². The fourth-order valence-electron chi connectivity index (χ4n) is 2.55. The fourth-order valence-corrected chi connectivity index (χ4v) is 2.55. The summed E-state index contributed by atoms with van der Waals surface area (Å²) in [4.78, 5) is 0. The van der Waals surface area contributed by atoms with E-state index in [2.05, 4.69) is 5.32 Å². The first-order valence-corrected chi connectivity index (χ1v) is 5.61. The molecule has 16 heavy (non-hydrogen) atoms. The fraction of sp³-hybridized carbons (Fsp3) is 0.538. The van der Waals surface area contributed by atoms with Crippen LogP contribution in [0.25, 0.3) is 0 Å². The molecule has 88 valence electrons. The van der Waals surface area contributed by atoms with Crippen molar-refractivity contribution in [3.63, 3.8) is 0 Å². The molecule has 0 saturated carbocycles. The Kier molecular flexibility index (Phi) is 2.68. The van der Waals surface area contributed by atoms with Crippen LogP contribution < -0.4 is 10.1 Å². The first-order chi connectivity index (χ1) is 7.53. The Morgan fingerprint density at radius 2 is 2.06 bits per heavy atom. The zero-order valence-corrected chi connectivity index (χ0v) is 10.1. The molecule has 1 aromatic carbocycles. The molecule has 2 N–H and O–H groups in total. The van der Waals surface area contributed by atoms with Gasteiger partial charge in [0.2, 0.25) is 0 Å². The average molecular weight is 221 g/mol. The van der Waals surface area contributed by atoms with Gasteiger partial charge in [-0.1, -0.05) is 18.2 Å². The van der Waals surface area contributed by atoms with Gasteiger partial charge in [-0.2, -0.15) is 0 Å². The van der Waals surface area contributed by atoms with Gasteiger partial charge in [0.1, 0.15) is 11.4 Å². The number of para-hydroxylation sites is 1. The molecule has 3 nitrogen and oxygen atoms in total. The van der Waals surface area contributed by atoms with Crippen molar-refractivity contribution >= 4 is 0 Å². The summed E-state index contributed by atoms with van der Waals surface area (Å²) in [7, 11) is 1.88. The third kappa shape index (κ3) is 1.70. The van der Waals surface area contributed by atoms with Crippen LogP contribution >= 0.6 is 0 Å². The molecule has 0 saturated heterocycles. The van der Waals surface area contributed by atoms with Crippen LogP contribution in [0.15, 0.2) is 24.3 Å². The van der Waals surface area contributed by atoms with Gasteiger partial charge in [0.25, 0.3) is 0 Å². The predicted octanol–water partition coefficient (Wildman–Crippen LogP) is 1.65. The highest BCUT2D eigenvalue weighted by molar-refractivity contribution is 5.42. The van der Waals surface area contributed by atoms with Crippen molar-refractivity contribution in [1.29, 1.82) is 0 Å². The van der Waals surface area contributed by atoms with Gasteiger partial charge in [0.05, 0.1) is 12.1 Å². The van der Waals surface area contributed by atoms with E-state index in [4.69, 9.17) is 4.74 Å². The van der Waals surface area contributed by atoms with Crippen molar-refractivity contribution in [3.8, 4) is 5.75 Å². The van der Waals surface area contributed by atoms with Crippen molar-refractivity contribution in [2.24, 2.45) is 0 Å². The molecule has 0 spiro atoms. The van der Waals surface area contributed by atoms with E-state index in [0.29, 0.717) is 0 Å². The summed E-state index contributed by atoms with van der Waals surface area (Å²) in [6.07, 6.45) is 0.754. The Morgan fingerprint density at radius 1 is 1.38 bits per heavy atom. The van der Waals surface area contributed by atoms with Gasteiger partial charge in [0.15, 0.2) is 0 Å². The number of aliphatic hydroxyl groups excluding tert-OH is 1. The molecule has 1 aromatic rings. The van der Waals surface area contributed by atoms with Crippen molar-refractivity contribution in [2.45, 2.75) is 31.4 Å². The van der Waals surface area contributed by atoms with Crippen molar-refractivity contribution in [1.82, 2.24) is 5.32 Å². The minimum atomic E-state index is -0.391. The lowest BCUT2D eigenvalue weighted by atomic mass is 9.78. The highest BCUT2D eigenvalue weighted by Crippen LogP contribution is 2.42. The molecule has 1 aliphatic heterocycles. The molecule has 0 amide bonds. The Hall–Kier alpha value is -1.06. The minimum Gasteiger partial charge on any atom is -0.487 e. The first kappa shape index (κ1) is 11.4. The van der Waals surface area contributed by atoms with Crippen LogP contribution in [0.5, 0.6) is 5.75 Å². The summed E-state index contributed by atoms with van der Waals surface area (Å²) in [5.41, 5.74) is 0.387. The molecule has 1 unspecified atom stereocenters. The van der Waals surface area contributed by atoms with Crippen LogP contribution in [0.3, 0.4) is 0 Å². The van der Waals surface area contributed by atoms with E-state index in [9.17, 15) is 5.11 Å². The van der Waals surface area contributed by atoms with E-state index in [1.54, 1.807) is 0 Å². The largest absolute Gasteiger partial charge is 0.487 e. The van der Waals surface area contributed by atoms with Gasteiger partial charge in [0, 0.05) is 12.0 Å². The number of rotatable bonds is 2. The molecule has 3 heteroatoms. The molecule has 0 fully saturated rings. The Labute approximate surface area is 96.4 Å². The summed E-state index contributed by atoms with van der Waals surface area (Å²) in [6.45, 7) is 4.17.